The molecule has 0 bridgehead atoms. The van der Waals surface area contributed by atoms with E-state index in [1.165, 1.54) is 0 Å². The molecule has 3 nitrogen and oxygen atoms in total. The summed E-state index contributed by atoms with van der Waals surface area (Å²) >= 11 is 0. The zero-order valence-electron chi connectivity index (χ0n) is 10.1. The third-order valence-corrected chi connectivity index (χ3v) is 8.21. The van der Waals surface area contributed by atoms with Gasteiger partial charge in [-0.2, -0.15) is 0 Å². The molecule has 0 aromatic heterocycles. The molecule has 4 heteroatoms. The van der Waals surface area contributed by atoms with E-state index in [1.54, 1.807) is 0 Å². The lowest BCUT2D eigenvalue weighted by molar-refractivity contribution is 0.202. The molecule has 0 spiro atoms. The van der Waals surface area contributed by atoms with Crippen LogP contribution in [0.1, 0.15) is 46.0 Å². The van der Waals surface area contributed by atoms with Crippen LogP contribution < -0.4 is 5.73 Å². The molecular weight excluding hydrogens is 222 g/mol. The summed E-state index contributed by atoms with van der Waals surface area (Å²) in [6, 6.07) is 0. The van der Waals surface area contributed by atoms with E-state index in [0.29, 0.717) is 5.75 Å². The minimum atomic E-state index is -2.90. The Labute approximate surface area is 97.7 Å². The lowest BCUT2D eigenvalue weighted by atomic mass is 9.73. The van der Waals surface area contributed by atoms with E-state index < -0.39 is 14.6 Å². The normalized spacial score (nSPS) is 40.6. The van der Waals surface area contributed by atoms with Gasteiger partial charge in [0.15, 0.2) is 9.84 Å². The van der Waals surface area contributed by atoms with Gasteiger partial charge < -0.3 is 5.73 Å². The van der Waals surface area contributed by atoms with Gasteiger partial charge >= 0.3 is 0 Å². The van der Waals surface area contributed by atoms with E-state index >= 15 is 0 Å². The topological polar surface area (TPSA) is 60.2 Å². The Morgan fingerprint density at radius 2 is 1.69 bits per heavy atom. The minimum absolute atomic E-state index is 0.0191. The van der Waals surface area contributed by atoms with Gasteiger partial charge in [0.05, 0.1) is 10.5 Å². The number of rotatable bonds is 2. The molecule has 1 saturated heterocycles. The Morgan fingerprint density at radius 3 is 2.00 bits per heavy atom. The monoisotopic (exact) mass is 243 g/mol. The molecule has 0 radical (unpaired) electrons. The van der Waals surface area contributed by atoms with Crippen molar-refractivity contribution in [2.24, 2.45) is 17.1 Å². The molecule has 1 heterocycles. The maximum absolute atomic E-state index is 12.1. The zero-order chi connectivity index (χ0) is 11.8. The van der Waals surface area contributed by atoms with Crippen LogP contribution in [0.4, 0.5) is 0 Å². The average molecular weight is 243 g/mol. The number of sulfone groups is 1. The average Bonchev–Trinajstić information content (AvgIpc) is 3.01. The molecule has 3 aliphatic rings. The smallest absolute Gasteiger partial charge is 0.155 e. The van der Waals surface area contributed by atoms with Crippen LogP contribution in [0.15, 0.2) is 0 Å². The van der Waals surface area contributed by atoms with E-state index in [4.69, 9.17) is 5.73 Å². The first-order chi connectivity index (χ1) is 7.25. The van der Waals surface area contributed by atoms with Gasteiger partial charge in [0.25, 0.3) is 0 Å². The van der Waals surface area contributed by atoms with Crippen LogP contribution in [0.3, 0.4) is 0 Å². The van der Waals surface area contributed by atoms with E-state index in [0.717, 1.165) is 32.1 Å². The molecule has 3 rings (SSSR count). The molecule has 92 valence electrons. The van der Waals surface area contributed by atoms with E-state index in [-0.39, 0.29) is 16.9 Å². The van der Waals surface area contributed by atoms with Crippen LogP contribution in [-0.4, -0.2) is 24.5 Å². The molecule has 2 aliphatic carbocycles. The summed E-state index contributed by atoms with van der Waals surface area (Å²) in [6.07, 6.45) is 5.31. The van der Waals surface area contributed by atoms with Crippen LogP contribution in [0, 0.1) is 11.3 Å². The fourth-order valence-electron chi connectivity index (χ4n) is 4.00. The second kappa shape index (κ2) is 2.66. The van der Waals surface area contributed by atoms with Gasteiger partial charge in [-0.3, -0.25) is 0 Å². The maximum Gasteiger partial charge on any atom is 0.155 e. The summed E-state index contributed by atoms with van der Waals surface area (Å²) in [6.45, 7) is 3.82. The number of hydrogen-bond donors (Lipinski definition) is 1. The van der Waals surface area contributed by atoms with Crippen LogP contribution in [0.2, 0.25) is 0 Å². The van der Waals surface area contributed by atoms with Crippen molar-refractivity contribution in [3.05, 3.63) is 0 Å². The first kappa shape index (κ1) is 11.0. The largest absolute Gasteiger partial charge is 0.325 e. The van der Waals surface area contributed by atoms with Gasteiger partial charge in [-0.25, -0.2) is 8.42 Å². The molecule has 1 aliphatic heterocycles. The molecule has 1 unspecified atom stereocenters. The van der Waals surface area contributed by atoms with E-state index in [9.17, 15) is 8.42 Å². The summed E-state index contributed by atoms with van der Waals surface area (Å²) in [5.74, 6) is 0.653. The van der Waals surface area contributed by atoms with E-state index in [1.807, 2.05) is 13.8 Å². The molecule has 3 fully saturated rings. The van der Waals surface area contributed by atoms with Crippen molar-refractivity contribution in [2.75, 3.05) is 5.75 Å². The molecular formula is C12H21NO2S. The Balaban J connectivity index is 1.98. The third kappa shape index (κ3) is 1.10. The highest BCUT2D eigenvalue weighted by Gasteiger charge is 2.71. The highest BCUT2D eigenvalue weighted by molar-refractivity contribution is 7.93. The Morgan fingerprint density at radius 1 is 1.12 bits per heavy atom. The number of hydrogen-bond acceptors (Lipinski definition) is 3. The molecule has 1 atom stereocenters. The Hall–Kier alpha value is -0.0900. The highest BCUT2D eigenvalue weighted by atomic mass is 32.2. The minimum Gasteiger partial charge on any atom is -0.325 e. The van der Waals surface area contributed by atoms with Crippen molar-refractivity contribution in [1.82, 2.24) is 0 Å². The predicted molar refractivity (Wildman–Crippen MR) is 63.8 cm³/mol. The molecule has 0 aromatic carbocycles. The zero-order valence-corrected chi connectivity index (χ0v) is 10.9. The quantitative estimate of drug-likeness (QED) is 0.799. The van der Waals surface area contributed by atoms with Gasteiger partial charge in [-0.05, 0) is 57.3 Å². The summed E-state index contributed by atoms with van der Waals surface area (Å²) in [4.78, 5) is 0. The fraction of sp³-hybridized carbons (Fsp3) is 1.00. The second-order valence-corrected chi connectivity index (χ2v) is 9.27. The van der Waals surface area contributed by atoms with Crippen molar-refractivity contribution < 1.29 is 8.42 Å². The SMILES string of the molecule is CC1(C)C(C2(C3(N)CC3)CC2)CCS1(=O)=O. The Kier molecular flexibility index (Phi) is 1.84. The van der Waals surface area contributed by atoms with Crippen molar-refractivity contribution >= 4 is 9.84 Å². The standard InChI is InChI=1S/C12H21NO2S/c1-10(2)9(3-8-16(10,14)15)11(4-5-11)12(13)6-7-12/h9H,3-8,13H2,1-2H3. The van der Waals surface area contributed by atoms with Crippen LogP contribution in [-0.2, 0) is 9.84 Å². The molecule has 0 aromatic rings. The van der Waals surface area contributed by atoms with Crippen LogP contribution in [0.5, 0.6) is 0 Å². The molecule has 16 heavy (non-hydrogen) atoms. The third-order valence-electron chi connectivity index (χ3n) is 5.55. The summed E-state index contributed by atoms with van der Waals surface area (Å²) in [5, 5.41) is 0. The molecule has 0 amide bonds. The summed E-state index contributed by atoms with van der Waals surface area (Å²) in [7, 11) is -2.90. The van der Waals surface area contributed by atoms with Crippen molar-refractivity contribution in [3.63, 3.8) is 0 Å². The highest BCUT2D eigenvalue weighted by Crippen LogP contribution is 2.70. The van der Waals surface area contributed by atoms with Crippen molar-refractivity contribution in [1.29, 1.82) is 0 Å². The summed E-state index contributed by atoms with van der Waals surface area (Å²) < 4.78 is 23.6. The second-order valence-electron chi connectivity index (χ2n) is 6.58. The number of nitrogens with two attached hydrogens (primary N) is 1. The van der Waals surface area contributed by atoms with E-state index in [2.05, 4.69) is 0 Å². The van der Waals surface area contributed by atoms with Gasteiger partial charge in [-0.15, -0.1) is 0 Å². The fourth-order valence-corrected chi connectivity index (χ4v) is 5.85. The lowest BCUT2D eigenvalue weighted by Gasteiger charge is -2.37. The van der Waals surface area contributed by atoms with Crippen LogP contribution in [0.25, 0.3) is 0 Å². The van der Waals surface area contributed by atoms with Gasteiger partial charge in [0, 0.05) is 5.54 Å². The van der Waals surface area contributed by atoms with Gasteiger partial charge in [-0.1, -0.05) is 0 Å². The predicted octanol–water partition coefficient (Wildman–Crippen LogP) is 1.47. The van der Waals surface area contributed by atoms with Crippen molar-refractivity contribution in [3.8, 4) is 0 Å². The first-order valence-corrected chi connectivity index (χ1v) is 7.92. The maximum atomic E-state index is 12.1. The lowest BCUT2D eigenvalue weighted by Crippen LogP contribution is -2.47. The molecule has 2 N–H and O–H groups in total. The first-order valence-electron chi connectivity index (χ1n) is 6.26. The Bertz CT molecular complexity index is 430. The van der Waals surface area contributed by atoms with Crippen molar-refractivity contribution in [2.45, 2.75) is 56.2 Å². The molecule has 2 saturated carbocycles. The van der Waals surface area contributed by atoms with Crippen LogP contribution >= 0.6 is 0 Å². The van der Waals surface area contributed by atoms with Gasteiger partial charge in [0.1, 0.15) is 0 Å². The van der Waals surface area contributed by atoms with Gasteiger partial charge in [0.2, 0.25) is 0 Å². The summed E-state index contributed by atoms with van der Waals surface area (Å²) in [5.41, 5.74) is 6.53.